The lowest BCUT2D eigenvalue weighted by atomic mass is 9.64. The quantitative estimate of drug-likeness (QED) is 0.725. The summed E-state index contributed by atoms with van der Waals surface area (Å²) >= 11 is 0. The molecular weight excluding hydrogens is 240 g/mol. The van der Waals surface area contributed by atoms with Crippen molar-refractivity contribution in [2.75, 3.05) is 7.11 Å². The highest BCUT2D eigenvalue weighted by Gasteiger charge is 2.47. The third-order valence-corrected chi connectivity index (χ3v) is 4.61. The van der Waals surface area contributed by atoms with Crippen LogP contribution in [0.2, 0.25) is 0 Å². The number of carbonyl (C=O) groups excluding carboxylic acids is 1. The molecule has 0 unspecified atom stereocenters. The molecule has 0 saturated heterocycles. The van der Waals surface area contributed by atoms with Crippen molar-refractivity contribution in [1.29, 1.82) is 0 Å². The minimum absolute atomic E-state index is 0.0885. The molecule has 1 fully saturated rings. The normalized spacial score (nSPS) is 32.2. The third kappa shape index (κ3) is 1.92. The molecule has 0 radical (unpaired) electrons. The Morgan fingerprint density at radius 2 is 2.11 bits per heavy atom. The highest BCUT2D eigenvalue weighted by molar-refractivity contribution is 5.90. The van der Waals surface area contributed by atoms with Gasteiger partial charge in [-0.2, -0.15) is 0 Å². The van der Waals surface area contributed by atoms with Crippen LogP contribution >= 0.6 is 0 Å². The predicted octanol–water partition coefficient (Wildman–Crippen LogP) is 3.46. The van der Waals surface area contributed by atoms with Gasteiger partial charge in [0.05, 0.1) is 12.7 Å². The topological polar surface area (TPSA) is 35.5 Å². The van der Waals surface area contributed by atoms with Crippen molar-refractivity contribution in [1.82, 2.24) is 0 Å². The number of esters is 1. The molecule has 2 bridgehead atoms. The van der Waals surface area contributed by atoms with E-state index in [2.05, 4.69) is 13.8 Å². The minimum Gasteiger partial charge on any atom is -0.487 e. The van der Waals surface area contributed by atoms with E-state index in [1.165, 1.54) is 25.5 Å². The lowest BCUT2D eigenvalue weighted by Gasteiger charge is -2.50. The van der Waals surface area contributed by atoms with Crippen LogP contribution in [0.1, 0.15) is 55.5 Å². The Morgan fingerprint density at radius 3 is 2.84 bits per heavy atom. The van der Waals surface area contributed by atoms with E-state index in [1.54, 1.807) is 0 Å². The number of carbonyl (C=O) groups is 1. The Morgan fingerprint density at radius 1 is 1.32 bits per heavy atom. The van der Waals surface area contributed by atoms with E-state index in [0.717, 1.165) is 18.6 Å². The molecule has 1 aliphatic heterocycles. The summed E-state index contributed by atoms with van der Waals surface area (Å²) in [6.45, 7) is 4.49. The molecule has 1 saturated carbocycles. The highest BCUT2D eigenvalue weighted by atomic mass is 16.5. The first-order valence-electron chi connectivity index (χ1n) is 6.88. The van der Waals surface area contributed by atoms with Gasteiger partial charge in [0.15, 0.2) is 0 Å². The molecule has 0 spiro atoms. The van der Waals surface area contributed by atoms with Crippen LogP contribution in [0.25, 0.3) is 0 Å². The first kappa shape index (κ1) is 12.5. The molecule has 3 rings (SSSR count). The van der Waals surface area contributed by atoms with Gasteiger partial charge in [-0.25, -0.2) is 4.79 Å². The summed E-state index contributed by atoms with van der Waals surface area (Å²) < 4.78 is 11.0. The lowest BCUT2D eigenvalue weighted by molar-refractivity contribution is -0.00542. The fraction of sp³-hybridized carbons (Fsp3) is 0.562. The van der Waals surface area contributed by atoms with E-state index >= 15 is 0 Å². The molecule has 0 N–H and O–H groups in total. The zero-order valence-electron chi connectivity index (χ0n) is 11.8. The molecule has 2 aliphatic rings. The van der Waals surface area contributed by atoms with Crippen LogP contribution in [0.4, 0.5) is 0 Å². The Kier molecular flexibility index (Phi) is 2.63. The second-order valence-corrected chi connectivity index (χ2v) is 6.35. The van der Waals surface area contributed by atoms with Crippen molar-refractivity contribution in [3.8, 4) is 5.75 Å². The molecule has 3 heteroatoms. The molecule has 0 aromatic heterocycles. The van der Waals surface area contributed by atoms with Gasteiger partial charge in [-0.1, -0.05) is 13.0 Å². The molecule has 2 atom stereocenters. The van der Waals surface area contributed by atoms with Gasteiger partial charge in [-0.05, 0) is 50.2 Å². The monoisotopic (exact) mass is 260 g/mol. The molecule has 1 aromatic carbocycles. The molecule has 1 aliphatic carbocycles. The lowest BCUT2D eigenvalue weighted by Crippen LogP contribution is -2.48. The molecule has 1 aromatic rings. The van der Waals surface area contributed by atoms with Gasteiger partial charge in [0.2, 0.25) is 0 Å². The summed E-state index contributed by atoms with van der Waals surface area (Å²) in [6.07, 6.45) is 4.54. The zero-order chi connectivity index (χ0) is 13.7. The first-order valence-corrected chi connectivity index (χ1v) is 6.88. The summed E-state index contributed by atoms with van der Waals surface area (Å²) in [7, 11) is 1.40. The van der Waals surface area contributed by atoms with Gasteiger partial charge < -0.3 is 9.47 Å². The fourth-order valence-electron chi connectivity index (χ4n) is 3.79. The number of rotatable bonds is 1. The average molecular weight is 260 g/mol. The van der Waals surface area contributed by atoms with Gasteiger partial charge >= 0.3 is 5.97 Å². The minimum atomic E-state index is -0.308. The maximum Gasteiger partial charge on any atom is 0.337 e. The van der Waals surface area contributed by atoms with E-state index in [1.807, 2.05) is 18.2 Å². The van der Waals surface area contributed by atoms with E-state index in [-0.39, 0.29) is 17.0 Å². The van der Waals surface area contributed by atoms with Crippen molar-refractivity contribution >= 4 is 5.97 Å². The number of benzene rings is 1. The Labute approximate surface area is 113 Å². The third-order valence-electron chi connectivity index (χ3n) is 4.61. The van der Waals surface area contributed by atoms with Gasteiger partial charge in [0.25, 0.3) is 0 Å². The van der Waals surface area contributed by atoms with E-state index in [4.69, 9.17) is 9.47 Å². The molecule has 19 heavy (non-hydrogen) atoms. The summed E-state index contributed by atoms with van der Waals surface area (Å²) in [6, 6.07) is 5.71. The zero-order valence-corrected chi connectivity index (χ0v) is 11.8. The second kappa shape index (κ2) is 3.99. The summed E-state index contributed by atoms with van der Waals surface area (Å²) in [5, 5.41) is 0. The SMILES string of the molecule is COC(=O)c1ccc2c(c1)O[C@]1(C)CCC[C@@]2(C)C1. The van der Waals surface area contributed by atoms with Crippen molar-refractivity contribution in [3.63, 3.8) is 0 Å². The van der Waals surface area contributed by atoms with Gasteiger partial charge in [0, 0.05) is 5.56 Å². The van der Waals surface area contributed by atoms with Gasteiger partial charge in [0.1, 0.15) is 11.4 Å². The maximum atomic E-state index is 11.6. The van der Waals surface area contributed by atoms with Crippen molar-refractivity contribution < 1.29 is 14.3 Å². The van der Waals surface area contributed by atoms with Gasteiger partial charge in [-0.3, -0.25) is 0 Å². The van der Waals surface area contributed by atoms with Crippen molar-refractivity contribution in [2.24, 2.45) is 0 Å². The Hall–Kier alpha value is -1.51. The fourth-order valence-corrected chi connectivity index (χ4v) is 3.79. The smallest absolute Gasteiger partial charge is 0.337 e. The van der Waals surface area contributed by atoms with E-state index in [0.29, 0.717) is 5.56 Å². The number of hydrogen-bond acceptors (Lipinski definition) is 3. The van der Waals surface area contributed by atoms with Crippen LogP contribution < -0.4 is 4.74 Å². The number of fused-ring (bicyclic) bond motifs is 4. The van der Waals surface area contributed by atoms with Crippen LogP contribution in [-0.4, -0.2) is 18.7 Å². The summed E-state index contributed by atoms with van der Waals surface area (Å²) in [5.74, 6) is 0.552. The molecule has 1 heterocycles. The average Bonchev–Trinajstić information content (AvgIpc) is 2.35. The Bertz CT molecular complexity index is 537. The summed E-state index contributed by atoms with van der Waals surface area (Å²) in [4.78, 5) is 11.6. The summed E-state index contributed by atoms with van der Waals surface area (Å²) in [5.41, 5.74) is 1.88. The molecule has 3 nitrogen and oxygen atoms in total. The number of methoxy groups -OCH3 is 1. The molecule has 0 amide bonds. The largest absolute Gasteiger partial charge is 0.487 e. The maximum absolute atomic E-state index is 11.6. The van der Waals surface area contributed by atoms with Crippen LogP contribution in [0.15, 0.2) is 18.2 Å². The number of hydrogen-bond donors (Lipinski definition) is 0. The van der Waals surface area contributed by atoms with Gasteiger partial charge in [-0.15, -0.1) is 0 Å². The van der Waals surface area contributed by atoms with E-state index in [9.17, 15) is 4.79 Å². The van der Waals surface area contributed by atoms with Crippen molar-refractivity contribution in [2.45, 2.75) is 50.5 Å². The number of ether oxygens (including phenoxy) is 2. The second-order valence-electron chi connectivity index (χ2n) is 6.35. The molecular formula is C16H20O3. The van der Waals surface area contributed by atoms with Crippen LogP contribution in [0.5, 0.6) is 5.75 Å². The van der Waals surface area contributed by atoms with Crippen LogP contribution in [0, 0.1) is 0 Å². The van der Waals surface area contributed by atoms with Crippen LogP contribution in [0.3, 0.4) is 0 Å². The van der Waals surface area contributed by atoms with E-state index < -0.39 is 0 Å². The molecule has 102 valence electrons. The highest BCUT2D eigenvalue weighted by Crippen LogP contribution is 2.52. The standard InChI is InChI=1S/C16H20O3/c1-15-7-4-8-16(2,10-15)19-13-9-11(14(17)18-3)5-6-12(13)15/h5-6,9H,4,7-8,10H2,1-3H3/t15-,16+/m0/s1. The predicted molar refractivity (Wildman–Crippen MR) is 72.6 cm³/mol. The van der Waals surface area contributed by atoms with Crippen LogP contribution in [-0.2, 0) is 10.2 Å². The Balaban J connectivity index is 2.08. The first-order chi connectivity index (χ1) is 8.96. The van der Waals surface area contributed by atoms with Crippen molar-refractivity contribution in [3.05, 3.63) is 29.3 Å².